The van der Waals surface area contributed by atoms with Crippen LogP contribution in [0.4, 0.5) is 4.79 Å². The molecule has 0 radical (unpaired) electrons. The van der Waals surface area contributed by atoms with Gasteiger partial charge >= 0.3 is 12.0 Å². The second-order valence-corrected chi connectivity index (χ2v) is 5.52. The fourth-order valence-electron chi connectivity index (χ4n) is 1.74. The van der Waals surface area contributed by atoms with E-state index in [1.807, 2.05) is 13.8 Å². The molecule has 0 aliphatic carbocycles. The highest BCUT2D eigenvalue weighted by atomic mass is 16.4. The van der Waals surface area contributed by atoms with E-state index in [1.54, 1.807) is 17.1 Å². The summed E-state index contributed by atoms with van der Waals surface area (Å²) in [4.78, 5) is 24.1. The molecule has 0 heterocycles. The van der Waals surface area contributed by atoms with E-state index in [-0.39, 0.29) is 17.9 Å². The summed E-state index contributed by atoms with van der Waals surface area (Å²) in [7, 11) is 0. The van der Waals surface area contributed by atoms with E-state index in [4.69, 9.17) is 5.11 Å². The Morgan fingerprint density at radius 2 is 1.75 bits per heavy atom. The molecule has 0 bridgehead atoms. The lowest BCUT2D eigenvalue weighted by Gasteiger charge is -2.25. The van der Waals surface area contributed by atoms with Crippen LogP contribution in [0.15, 0.2) is 25.3 Å². The Morgan fingerprint density at radius 3 is 2.20 bits per heavy atom. The van der Waals surface area contributed by atoms with Crippen LogP contribution in [0, 0.1) is 5.41 Å². The van der Waals surface area contributed by atoms with Crippen molar-refractivity contribution in [2.24, 2.45) is 5.41 Å². The number of carboxylic acid groups (broad SMARTS) is 1. The van der Waals surface area contributed by atoms with E-state index in [0.717, 1.165) is 6.42 Å². The Labute approximate surface area is 121 Å². The fourth-order valence-corrected chi connectivity index (χ4v) is 1.74. The molecule has 0 aromatic rings. The highest BCUT2D eigenvalue weighted by Crippen LogP contribution is 2.25. The van der Waals surface area contributed by atoms with Gasteiger partial charge in [0.05, 0.1) is 0 Å². The van der Waals surface area contributed by atoms with Gasteiger partial charge in [-0.05, 0) is 18.3 Å². The first-order chi connectivity index (χ1) is 9.32. The number of carbonyl (C=O) groups excluding carboxylic acids is 1. The number of rotatable bonds is 10. The molecular formula is C15H26N2O3. The largest absolute Gasteiger partial charge is 0.481 e. The van der Waals surface area contributed by atoms with Crippen LogP contribution in [0.2, 0.25) is 0 Å². The van der Waals surface area contributed by atoms with Gasteiger partial charge < -0.3 is 15.3 Å². The standard InChI is InChI=1S/C15H26N2O3/c1-5-11-17(12-6-2)14(20)16-10-9-15(3,4)8-7-13(18)19/h5-6H,1-2,7-12H2,3-4H3,(H,16,20)(H,18,19). The summed E-state index contributed by atoms with van der Waals surface area (Å²) in [6.45, 7) is 12.7. The summed E-state index contributed by atoms with van der Waals surface area (Å²) < 4.78 is 0. The molecule has 20 heavy (non-hydrogen) atoms. The van der Waals surface area contributed by atoms with Crippen LogP contribution < -0.4 is 5.32 Å². The zero-order valence-electron chi connectivity index (χ0n) is 12.5. The maximum Gasteiger partial charge on any atom is 0.317 e. The minimum Gasteiger partial charge on any atom is -0.481 e. The van der Waals surface area contributed by atoms with Crippen molar-refractivity contribution >= 4 is 12.0 Å². The van der Waals surface area contributed by atoms with Gasteiger partial charge in [0.25, 0.3) is 0 Å². The average Bonchev–Trinajstić information content (AvgIpc) is 2.36. The van der Waals surface area contributed by atoms with Gasteiger partial charge in [-0.25, -0.2) is 4.79 Å². The number of hydrogen-bond acceptors (Lipinski definition) is 2. The number of carboxylic acids is 1. The van der Waals surface area contributed by atoms with Gasteiger partial charge in [0.15, 0.2) is 0 Å². The van der Waals surface area contributed by atoms with Gasteiger partial charge in [-0.1, -0.05) is 26.0 Å². The predicted molar refractivity (Wildman–Crippen MR) is 80.6 cm³/mol. The van der Waals surface area contributed by atoms with Crippen LogP contribution in [0.3, 0.4) is 0 Å². The summed E-state index contributed by atoms with van der Waals surface area (Å²) in [6, 6.07) is -0.154. The van der Waals surface area contributed by atoms with Crippen LogP contribution >= 0.6 is 0 Å². The summed E-state index contributed by atoms with van der Waals surface area (Å²) in [5.74, 6) is -0.787. The Bertz CT molecular complexity index is 341. The normalized spacial score (nSPS) is 10.7. The van der Waals surface area contributed by atoms with Crippen LogP contribution in [0.1, 0.15) is 33.1 Å². The summed E-state index contributed by atoms with van der Waals surface area (Å²) in [6.07, 6.45) is 4.82. The summed E-state index contributed by atoms with van der Waals surface area (Å²) >= 11 is 0. The zero-order valence-corrected chi connectivity index (χ0v) is 12.5. The third-order valence-electron chi connectivity index (χ3n) is 3.08. The molecule has 0 saturated heterocycles. The number of amides is 2. The average molecular weight is 282 g/mol. The maximum atomic E-state index is 11.9. The van der Waals surface area contributed by atoms with Gasteiger partial charge in [-0.3, -0.25) is 4.79 Å². The summed E-state index contributed by atoms with van der Waals surface area (Å²) in [5, 5.41) is 11.5. The molecule has 0 rings (SSSR count). The fraction of sp³-hybridized carbons (Fsp3) is 0.600. The molecule has 5 nitrogen and oxygen atoms in total. The Kier molecular flexibility index (Phi) is 8.36. The summed E-state index contributed by atoms with van der Waals surface area (Å²) in [5.41, 5.74) is -0.104. The van der Waals surface area contributed by atoms with Crippen molar-refractivity contribution in [1.82, 2.24) is 10.2 Å². The molecule has 0 saturated carbocycles. The molecule has 0 aromatic carbocycles. The van der Waals surface area contributed by atoms with Gasteiger partial charge in [-0.15, -0.1) is 13.2 Å². The first-order valence-electron chi connectivity index (χ1n) is 6.79. The third kappa shape index (κ3) is 8.34. The van der Waals surface area contributed by atoms with Crippen LogP contribution in [0.5, 0.6) is 0 Å². The van der Waals surface area contributed by atoms with E-state index in [0.29, 0.717) is 26.1 Å². The maximum absolute atomic E-state index is 11.9. The van der Waals surface area contributed by atoms with Crippen LogP contribution in [-0.2, 0) is 4.79 Å². The number of hydrogen-bond donors (Lipinski definition) is 2. The van der Waals surface area contributed by atoms with E-state index >= 15 is 0 Å². The molecule has 2 N–H and O–H groups in total. The Hall–Kier alpha value is -1.78. The highest BCUT2D eigenvalue weighted by molar-refractivity contribution is 5.74. The lowest BCUT2D eigenvalue weighted by Crippen LogP contribution is -2.41. The van der Waals surface area contributed by atoms with Crippen molar-refractivity contribution in [3.05, 3.63) is 25.3 Å². The molecule has 0 aliphatic heterocycles. The third-order valence-corrected chi connectivity index (χ3v) is 3.08. The van der Waals surface area contributed by atoms with Crippen molar-refractivity contribution < 1.29 is 14.7 Å². The van der Waals surface area contributed by atoms with E-state index < -0.39 is 5.97 Å². The quantitative estimate of drug-likeness (QED) is 0.605. The van der Waals surface area contributed by atoms with E-state index in [9.17, 15) is 9.59 Å². The predicted octanol–water partition coefficient (Wildman–Crippen LogP) is 2.65. The molecule has 0 unspecified atom stereocenters. The van der Waals surface area contributed by atoms with E-state index in [2.05, 4.69) is 18.5 Å². The van der Waals surface area contributed by atoms with Crippen LogP contribution in [0.25, 0.3) is 0 Å². The Morgan fingerprint density at radius 1 is 1.20 bits per heavy atom. The van der Waals surface area contributed by atoms with Crippen molar-refractivity contribution in [3.63, 3.8) is 0 Å². The molecule has 5 heteroatoms. The van der Waals surface area contributed by atoms with Crippen molar-refractivity contribution in [1.29, 1.82) is 0 Å². The van der Waals surface area contributed by atoms with E-state index in [1.165, 1.54) is 0 Å². The minimum atomic E-state index is -0.787. The topological polar surface area (TPSA) is 69.6 Å². The number of urea groups is 1. The first-order valence-corrected chi connectivity index (χ1v) is 6.79. The number of aliphatic carboxylic acids is 1. The van der Waals surface area contributed by atoms with Crippen LogP contribution in [-0.4, -0.2) is 41.6 Å². The monoisotopic (exact) mass is 282 g/mol. The second kappa shape index (κ2) is 9.18. The van der Waals surface area contributed by atoms with Crippen molar-refractivity contribution in [2.75, 3.05) is 19.6 Å². The lowest BCUT2D eigenvalue weighted by molar-refractivity contribution is -0.137. The van der Waals surface area contributed by atoms with Crippen molar-refractivity contribution in [3.8, 4) is 0 Å². The molecule has 0 aliphatic rings. The molecule has 0 atom stereocenters. The molecule has 0 aromatic heterocycles. The first kappa shape index (κ1) is 18.2. The van der Waals surface area contributed by atoms with Gasteiger partial charge in [-0.2, -0.15) is 0 Å². The molecule has 0 fully saturated rings. The van der Waals surface area contributed by atoms with Gasteiger partial charge in [0.1, 0.15) is 0 Å². The lowest BCUT2D eigenvalue weighted by atomic mass is 9.84. The number of carbonyl (C=O) groups is 2. The molecule has 114 valence electrons. The highest BCUT2D eigenvalue weighted by Gasteiger charge is 2.19. The van der Waals surface area contributed by atoms with Crippen molar-refractivity contribution in [2.45, 2.75) is 33.1 Å². The molecule has 0 spiro atoms. The number of nitrogens with one attached hydrogen (secondary N) is 1. The molecule has 2 amide bonds. The Balaban J connectivity index is 4.13. The zero-order chi connectivity index (χ0) is 15.6. The SMILES string of the molecule is C=CCN(CC=C)C(=O)NCCC(C)(C)CCC(=O)O. The van der Waals surface area contributed by atoms with Gasteiger partial charge in [0.2, 0.25) is 0 Å². The minimum absolute atomic E-state index is 0.104. The van der Waals surface area contributed by atoms with Gasteiger partial charge in [0, 0.05) is 26.1 Å². The second-order valence-electron chi connectivity index (χ2n) is 5.52. The number of nitrogens with zero attached hydrogens (tertiary/aromatic N) is 1. The smallest absolute Gasteiger partial charge is 0.317 e. The molecular weight excluding hydrogens is 256 g/mol.